The second kappa shape index (κ2) is 6.01. The molecule has 0 unspecified atom stereocenters. The summed E-state index contributed by atoms with van der Waals surface area (Å²) < 4.78 is 5.67. The highest BCUT2D eigenvalue weighted by Crippen LogP contribution is 2.39. The van der Waals surface area contributed by atoms with Gasteiger partial charge < -0.3 is 15.4 Å². The average Bonchev–Trinajstić information content (AvgIpc) is 3.06. The van der Waals surface area contributed by atoms with E-state index in [-0.39, 0.29) is 30.0 Å². The van der Waals surface area contributed by atoms with Gasteiger partial charge in [0.25, 0.3) is 5.91 Å². The van der Waals surface area contributed by atoms with Gasteiger partial charge in [0.2, 0.25) is 5.91 Å². The van der Waals surface area contributed by atoms with Crippen LogP contribution in [0.1, 0.15) is 41.1 Å². The molecule has 0 bridgehead atoms. The van der Waals surface area contributed by atoms with Crippen LogP contribution in [-0.2, 0) is 16.0 Å². The van der Waals surface area contributed by atoms with Crippen LogP contribution in [0.4, 0.5) is 0 Å². The first-order valence-electron chi connectivity index (χ1n) is 7.79. The van der Waals surface area contributed by atoms with Crippen LogP contribution in [0.3, 0.4) is 0 Å². The molecule has 2 heterocycles. The van der Waals surface area contributed by atoms with Crippen LogP contribution in [0.15, 0.2) is 5.38 Å². The maximum absolute atomic E-state index is 12.6. The summed E-state index contributed by atoms with van der Waals surface area (Å²) in [5.41, 5.74) is 1.89. The first-order valence-corrected chi connectivity index (χ1v) is 8.67. The summed E-state index contributed by atoms with van der Waals surface area (Å²) in [4.78, 5) is 25.2. The normalized spacial score (nSPS) is 29.6. The van der Waals surface area contributed by atoms with Crippen LogP contribution in [-0.4, -0.2) is 36.6 Å². The standard InChI is InChI=1S/C16H22N2O3S/c1-4-10-8(2)22-7-12(10)16(20)18-13-11-5-6-21-15(11)14(13)17-9(3)19/h7,11,13-15H,4-6H2,1-3H3,(H,17,19)(H,18,20)/t11-,13+,14-,15-/m0/s1. The number of ether oxygens (including phenoxy) is 1. The van der Waals surface area contributed by atoms with Gasteiger partial charge in [-0.15, -0.1) is 11.3 Å². The first kappa shape index (κ1) is 15.5. The van der Waals surface area contributed by atoms with Crippen molar-refractivity contribution in [3.63, 3.8) is 0 Å². The largest absolute Gasteiger partial charge is 0.376 e. The molecule has 1 aliphatic heterocycles. The van der Waals surface area contributed by atoms with E-state index in [4.69, 9.17) is 4.74 Å². The number of carbonyl (C=O) groups excluding carboxylic acids is 2. The fourth-order valence-electron chi connectivity index (χ4n) is 3.65. The van der Waals surface area contributed by atoms with E-state index in [1.807, 2.05) is 12.3 Å². The summed E-state index contributed by atoms with van der Waals surface area (Å²) in [5.74, 6) is 0.191. The van der Waals surface area contributed by atoms with Crippen molar-refractivity contribution >= 4 is 23.2 Å². The van der Waals surface area contributed by atoms with Crippen molar-refractivity contribution in [1.82, 2.24) is 10.6 Å². The molecule has 0 aromatic carbocycles. The number of hydrogen-bond donors (Lipinski definition) is 2. The number of amides is 2. The van der Waals surface area contributed by atoms with E-state index >= 15 is 0 Å². The van der Waals surface area contributed by atoms with E-state index in [2.05, 4.69) is 17.6 Å². The summed E-state index contributed by atoms with van der Waals surface area (Å²) in [5, 5.41) is 7.96. The number of fused-ring (bicyclic) bond motifs is 1. The average molecular weight is 322 g/mol. The van der Waals surface area contributed by atoms with Crippen LogP contribution in [0.25, 0.3) is 0 Å². The fraction of sp³-hybridized carbons (Fsp3) is 0.625. The summed E-state index contributed by atoms with van der Waals surface area (Å²) in [6, 6.07) is -0.146. The highest BCUT2D eigenvalue weighted by Gasteiger charge is 2.55. The molecule has 0 radical (unpaired) electrons. The summed E-state index contributed by atoms with van der Waals surface area (Å²) >= 11 is 1.61. The Morgan fingerprint density at radius 1 is 1.36 bits per heavy atom. The van der Waals surface area contributed by atoms with Crippen LogP contribution in [0, 0.1) is 12.8 Å². The molecule has 0 spiro atoms. The smallest absolute Gasteiger partial charge is 0.252 e. The van der Waals surface area contributed by atoms with Gasteiger partial charge in [-0.1, -0.05) is 6.92 Å². The molecule has 1 aromatic heterocycles. The van der Waals surface area contributed by atoms with Crippen molar-refractivity contribution in [2.24, 2.45) is 5.92 Å². The number of aryl methyl sites for hydroxylation is 1. The summed E-state index contributed by atoms with van der Waals surface area (Å²) in [7, 11) is 0. The minimum Gasteiger partial charge on any atom is -0.376 e. The molecule has 2 aliphatic rings. The lowest BCUT2D eigenvalue weighted by molar-refractivity contribution is -0.123. The number of carbonyl (C=O) groups is 2. The molecule has 1 aliphatic carbocycles. The molecule has 6 heteroatoms. The van der Waals surface area contributed by atoms with Gasteiger partial charge in [-0.25, -0.2) is 0 Å². The van der Waals surface area contributed by atoms with E-state index in [1.54, 1.807) is 11.3 Å². The van der Waals surface area contributed by atoms with Crippen LogP contribution in [0.2, 0.25) is 0 Å². The number of hydrogen-bond acceptors (Lipinski definition) is 4. The molecule has 1 aromatic rings. The van der Waals surface area contributed by atoms with Crippen molar-refractivity contribution < 1.29 is 14.3 Å². The van der Waals surface area contributed by atoms with Crippen molar-refractivity contribution in [3.8, 4) is 0 Å². The van der Waals surface area contributed by atoms with Crippen molar-refractivity contribution in [3.05, 3.63) is 21.4 Å². The highest BCUT2D eigenvalue weighted by atomic mass is 32.1. The van der Waals surface area contributed by atoms with Gasteiger partial charge in [-0.05, 0) is 25.3 Å². The van der Waals surface area contributed by atoms with E-state index < -0.39 is 0 Å². The Morgan fingerprint density at radius 2 is 2.14 bits per heavy atom. The minimum absolute atomic E-state index is 0.0335. The quantitative estimate of drug-likeness (QED) is 0.885. The molecule has 22 heavy (non-hydrogen) atoms. The van der Waals surface area contributed by atoms with Crippen molar-refractivity contribution in [2.75, 3.05) is 6.61 Å². The predicted molar refractivity (Wildman–Crippen MR) is 85.1 cm³/mol. The van der Waals surface area contributed by atoms with Gasteiger partial charge in [0.05, 0.1) is 23.8 Å². The second-order valence-corrected chi connectivity index (χ2v) is 7.13. The van der Waals surface area contributed by atoms with Gasteiger partial charge in [0.1, 0.15) is 0 Å². The third kappa shape index (κ3) is 2.54. The van der Waals surface area contributed by atoms with E-state index in [9.17, 15) is 9.59 Å². The number of rotatable bonds is 4. The Morgan fingerprint density at radius 3 is 2.82 bits per heavy atom. The maximum Gasteiger partial charge on any atom is 0.252 e. The third-order valence-corrected chi connectivity index (χ3v) is 5.71. The molecular formula is C16H22N2O3S. The van der Waals surface area contributed by atoms with E-state index in [0.29, 0.717) is 12.5 Å². The van der Waals surface area contributed by atoms with E-state index in [0.717, 1.165) is 24.0 Å². The molecule has 120 valence electrons. The molecule has 3 rings (SSSR count). The van der Waals surface area contributed by atoms with Gasteiger partial charge in [0.15, 0.2) is 0 Å². The van der Waals surface area contributed by atoms with Crippen molar-refractivity contribution in [2.45, 2.75) is 51.8 Å². The molecule has 2 fully saturated rings. The summed E-state index contributed by atoms with van der Waals surface area (Å²) in [6.45, 7) is 6.31. The highest BCUT2D eigenvalue weighted by molar-refractivity contribution is 7.10. The van der Waals surface area contributed by atoms with Gasteiger partial charge >= 0.3 is 0 Å². The Hall–Kier alpha value is -1.40. The van der Waals surface area contributed by atoms with E-state index in [1.165, 1.54) is 11.8 Å². The lowest BCUT2D eigenvalue weighted by Gasteiger charge is -2.47. The second-order valence-electron chi connectivity index (χ2n) is 6.05. The molecule has 5 nitrogen and oxygen atoms in total. The third-order valence-electron chi connectivity index (χ3n) is 4.76. The van der Waals surface area contributed by atoms with Crippen LogP contribution >= 0.6 is 11.3 Å². The lowest BCUT2D eigenvalue weighted by Crippen LogP contribution is -2.70. The summed E-state index contributed by atoms with van der Waals surface area (Å²) in [6.07, 6.45) is 1.84. The Labute approximate surface area is 134 Å². The number of thiophene rings is 1. The van der Waals surface area contributed by atoms with Gasteiger partial charge in [-0.2, -0.15) is 0 Å². The first-order chi connectivity index (χ1) is 10.5. The van der Waals surface area contributed by atoms with Gasteiger partial charge in [0, 0.05) is 29.7 Å². The van der Waals surface area contributed by atoms with Crippen LogP contribution < -0.4 is 10.6 Å². The zero-order valence-electron chi connectivity index (χ0n) is 13.1. The van der Waals surface area contributed by atoms with Crippen molar-refractivity contribution in [1.29, 1.82) is 0 Å². The molecule has 4 atom stereocenters. The maximum atomic E-state index is 12.6. The predicted octanol–water partition coefficient (Wildman–Crippen LogP) is 1.64. The zero-order valence-corrected chi connectivity index (χ0v) is 14.0. The fourth-order valence-corrected chi connectivity index (χ4v) is 4.59. The Bertz CT molecular complexity index is 598. The molecule has 1 saturated carbocycles. The topological polar surface area (TPSA) is 67.4 Å². The van der Waals surface area contributed by atoms with Crippen LogP contribution in [0.5, 0.6) is 0 Å². The number of nitrogens with one attached hydrogen (secondary N) is 2. The molecular weight excluding hydrogens is 300 g/mol. The minimum atomic E-state index is -0.112. The molecule has 1 saturated heterocycles. The molecule has 2 amide bonds. The zero-order chi connectivity index (χ0) is 15.9. The lowest BCUT2D eigenvalue weighted by atomic mass is 9.71. The molecule has 2 N–H and O–H groups in total. The Kier molecular flexibility index (Phi) is 4.23. The SMILES string of the molecule is CCc1c(C(=O)N[C@@H]2[C@@H]3CCO[C@@H]3[C@H]2NC(C)=O)csc1C. The Balaban J connectivity index is 1.73. The van der Waals surface area contributed by atoms with Gasteiger partial charge in [-0.3, -0.25) is 9.59 Å². The monoisotopic (exact) mass is 322 g/mol.